The molecule has 1 unspecified atom stereocenters. The molecule has 0 bridgehead atoms. The Morgan fingerprint density at radius 2 is 2.11 bits per heavy atom. The largest absolute Gasteiger partial charge is 0.351 e. The summed E-state index contributed by atoms with van der Waals surface area (Å²) in [6.07, 6.45) is 3.94. The maximum absolute atomic E-state index is 14.0. The first-order valence-corrected chi connectivity index (χ1v) is 9.79. The molecular weight excluding hydrogens is 345 g/mol. The second-order valence-electron chi connectivity index (χ2n) is 7.92. The van der Waals surface area contributed by atoms with Gasteiger partial charge in [-0.15, -0.1) is 0 Å². The molecule has 144 valence electrons. The van der Waals surface area contributed by atoms with Gasteiger partial charge in [-0.1, -0.05) is 30.3 Å². The number of aromatic nitrogens is 1. The van der Waals surface area contributed by atoms with E-state index in [4.69, 9.17) is 4.52 Å². The number of amides is 1. The fourth-order valence-corrected chi connectivity index (χ4v) is 4.49. The molecule has 0 N–H and O–H groups in total. The summed E-state index contributed by atoms with van der Waals surface area (Å²) in [5, 5.41) is 3.93. The van der Waals surface area contributed by atoms with Crippen LogP contribution in [0.5, 0.6) is 0 Å². The van der Waals surface area contributed by atoms with Crippen molar-refractivity contribution in [1.29, 1.82) is 0 Å². The second-order valence-corrected chi connectivity index (χ2v) is 7.92. The third kappa shape index (κ3) is 3.76. The van der Waals surface area contributed by atoms with E-state index in [1.54, 1.807) is 12.1 Å². The van der Waals surface area contributed by atoms with E-state index in [1.807, 2.05) is 24.0 Å². The molecule has 4 rings (SSSR count). The van der Waals surface area contributed by atoms with Crippen LogP contribution in [-0.2, 0) is 13.0 Å². The lowest BCUT2D eigenvalue weighted by molar-refractivity contribution is 0.0642. The van der Waals surface area contributed by atoms with Gasteiger partial charge in [0.15, 0.2) is 0 Å². The summed E-state index contributed by atoms with van der Waals surface area (Å²) in [4.78, 5) is 17.0. The standard InChI is InChI=1S/C21H26FN3O2/c1-2-17-12-19(27-23-17)20(26)25-11-9-21(15-25)8-5-10-24(14-21)13-16-6-3-4-7-18(16)22/h3-4,6-7,12H,2,5,8-11,13-15H2,1H3. The predicted molar refractivity (Wildman–Crippen MR) is 99.7 cm³/mol. The summed E-state index contributed by atoms with van der Waals surface area (Å²) in [6, 6.07) is 8.74. The highest BCUT2D eigenvalue weighted by Gasteiger charge is 2.43. The van der Waals surface area contributed by atoms with E-state index >= 15 is 0 Å². The highest BCUT2D eigenvalue weighted by atomic mass is 19.1. The Morgan fingerprint density at radius 3 is 2.89 bits per heavy atom. The fourth-order valence-electron chi connectivity index (χ4n) is 4.49. The lowest BCUT2D eigenvalue weighted by Gasteiger charge is -2.40. The van der Waals surface area contributed by atoms with Gasteiger partial charge in [-0.05, 0) is 38.3 Å². The maximum Gasteiger partial charge on any atom is 0.292 e. The Kier molecular flexibility index (Phi) is 5.00. The van der Waals surface area contributed by atoms with Gasteiger partial charge < -0.3 is 9.42 Å². The van der Waals surface area contributed by atoms with Crippen LogP contribution >= 0.6 is 0 Å². The summed E-state index contributed by atoms with van der Waals surface area (Å²) in [5.74, 6) is 0.130. The van der Waals surface area contributed by atoms with Crippen LogP contribution in [0.1, 0.15) is 48.0 Å². The van der Waals surface area contributed by atoms with E-state index in [0.29, 0.717) is 12.3 Å². The van der Waals surface area contributed by atoms with Crippen LogP contribution in [0.25, 0.3) is 0 Å². The lowest BCUT2D eigenvalue weighted by atomic mass is 9.79. The van der Waals surface area contributed by atoms with E-state index in [0.717, 1.165) is 63.1 Å². The highest BCUT2D eigenvalue weighted by Crippen LogP contribution is 2.40. The summed E-state index contributed by atoms with van der Waals surface area (Å²) in [6.45, 7) is 5.98. The van der Waals surface area contributed by atoms with Crippen molar-refractivity contribution < 1.29 is 13.7 Å². The van der Waals surface area contributed by atoms with Crippen molar-refractivity contribution in [2.75, 3.05) is 26.2 Å². The fraction of sp³-hybridized carbons (Fsp3) is 0.524. The SMILES string of the molecule is CCc1cc(C(=O)N2CCC3(CCCN(Cc4ccccc4F)C3)C2)on1. The molecule has 6 heteroatoms. The molecule has 1 amide bonds. The van der Waals surface area contributed by atoms with Crippen molar-refractivity contribution >= 4 is 5.91 Å². The summed E-state index contributed by atoms with van der Waals surface area (Å²) >= 11 is 0. The van der Waals surface area contributed by atoms with Crippen molar-refractivity contribution in [1.82, 2.24) is 15.0 Å². The number of likely N-dealkylation sites (tertiary alicyclic amines) is 2. The molecule has 2 saturated heterocycles. The third-order valence-corrected chi connectivity index (χ3v) is 5.95. The van der Waals surface area contributed by atoms with Gasteiger partial charge in [0, 0.05) is 43.2 Å². The number of carbonyl (C=O) groups excluding carboxylic acids is 1. The van der Waals surface area contributed by atoms with Crippen molar-refractivity contribution in [3.05, 3.63) is 53.2 Å². The number of hydrogen-bond acceptors (Lipinski definition) is 4. The van der Waals surface area contributed by atoms with Gasteiger partial charge >= 0.3 is 0 Å². The molecule has 27 heavy (non-hydrogen) atoms. The van der Waals surface area contributed by atoms with Crippen LogP contribution in [0.3, 0.4) is 0 Å². The highest BCUT2D eigenvalue weighted by molar-refractivity contribution is 5.91. The number of carbonyl (C=O) groups is 1. The number of aryl methyl sites for hydroxylation is 1. The monoisotopic (exact) mass is 371 g/mol. The number of piperidine rings is 1. The average Bonchev–Trinajstić information content (AvgIpc) is 3.31. The molecule has 2 aromatic rings. The third-order valence-electron chi connectivity index (χ3n) is 5.95. The average molecular weight is 371 g/mol. The molecule has 2 fully saturated rings. The number of nitrogens with zero attached hydrogens (tertiary/aromatic N) is 3. The molecule has 1 spiro atoms. The molecule has 0 saturated carbocycles. The minimum atomic E-state index is -0.141. The van der Waals surface area contributed by atoms with Crippen molar-refractivity contribution in [3.63, 3.8) is 0 Å². The summed E-state index contributed by atoms with van der Waals surface area (Å²) in [5.41, 5.74) is 1.66. The van der Waals surface area contributed by atoms with E-state index in [-0.39, 0.29) is 17.1 Å². The Hall–Kier alpha value is -2.21. The summed E-state index contributed by atoms with van der Waals surface area (Å²) < 4.78 is 19.2. The van der Waals surface area contributed by atoms with E-state index in [1.165, 1.54) is 6.07 Å². The van der Waals surface area contributed by atoms with E-state index < -0.39 is 0 Å². The Balaban J connectivity index is 1.41. The van der Waals surface area contributed by atoms with Crippen LogP contribution in [0, 0.1) is 11.2 Å². The maximum atomic E-state index is 14.0. The zero-order chi connectivity index (χ0) is 18.9. The van der Waals surface area contributed by atoms with E-state index in [9.17, 15) is 9.18 Å². The van der Waals surface area contributed by atoms with Gasteiger partial charge in [0.1, 0.15) is 5.82 Å². The molecule has 0 radical (unpaired) electrons. The number of rotatable bonds is 4. The molecule has 1 atom stereocenters. The molecule has 1 aromatic heterocycles. The van der Waals surface area contributed by atoms with Crippen LogP contribution in [-0.4, -0.2) is 47.0 Å². The van der Waals surface area contributed by atoms with Crippen LogP contribution in [0.15, 0.2) is 34.9 Å². The second kappa shape index (κ2) is 7.43. The van der Waals surface area contributed by atoms with Crippen molar-refractivity contribution in [2.45, 2.75) is 39.2 Å². The molecule has 5 nitrogen and oxygen atoms in total. The van der Waals surface area contributed by atoms with Gasteiger partial charge in [-0.25, -0.2) is 4.39 Å². The normalized spacial score (nSPS) is 23.3. The molecule has 2 aliphatic heterocycles. The number of benzene rings is 1. The van der Waals surface area contributed by atoms with Crippen molar-refractivity contribution in [3.8, 4) is 0 Å². The first-order valence-electron chi connectivity index (χ1n) is 9.79. The predicted octanol–water partition coefficient (Wildman–Crippen LogP) is 3.50. The van der Waals surface area contributed by atoms with Crippen LogP contribution in [0.4, 0.5) is 4.39 Å². The molecule has 3 heterocycles. The van der Waals surface area contributed by atoms with Gasteiger partial charge in [0.05, 0.1) is 5.69 Å². The zero-order valence-corrected chi connectivity index (χ0v) is 15.8. The molecular formula is C21H26FN3O2. The quantitative estimate of drug-likeness (QED) is 0.825. The first kappa shape index (κ1) is 18.2. The van der Waals surface area contributed by atoms with Crippen LogP contribution in [0.2, 0.25) is 0 Å². The zero-order valence-electron chi connectivity index (χ0n) is 15.8. The van der Waals surface area contributed by atoms with E-state index in [2.05, 4.69) is 10.1 Å². The van der Waals surface area contributed by atoms with Gasteiger partial charge in [-0.2, -0.15) is 0 Å². The minimum Gasteiger partial charge on any atom is -0.351 e. The lowest BCUT2D eigenvalue weighted by Crippen LogP contribution is -2.45. The van der Waals surface area contributed by atoms with Gasteiger partial charge in [-0.3, -0.25) is 9.69 Å². The first-order chi connectivity index (χ1) is 13.1. The van der Waals surface area contributed by atoms with Gasteiger partial charge in [0.2, 0.25) is 5.76 Å². The number of hydrogen-bond donors (Lipinski definition) is 0. The topological polar surface area (TPSA) is 49.6 Å². The van der Waals surface area contributed by atoms with Crippen LogP contribution < -0.4 is 0 Å². The number of halogens is 1. The smallest absolute Gasteiger partial charge is 0.292 e. The van der Waals surface area contributed by atoms with Crippen molar-refractivity contribution in [2.24, 2.45) is 5.41 Å². The molecule has 0 aliphatic carbocycles. The minimum absolute atomic E-state index is 0.0645. The Bertz CT molecular complexity index is 821. The van der Waals surface area contributed by atoms with Gasteiger partial charge in [0.25, 0.3) is 5.91 Å². The molecule has 2 aliphatic rings. The molecule has 1 aromatic carbocycles. The summed E-state index contributed by atoms with van der Waals surface area (Å²) in [7, 11) is 0. The Morgan fingerprint density at radius 1 is 1.26 bits per heavy atom. The Labute approximate surface area is 159 Å².